The molecule has 0 N–H and O–H groups in total. The summed E-state index contributed by atoms with van der Waals surface area (Å²) in [6, 6.07) is 10.9. The predicted molar refractivity (Wildman–Crippen MR) is 97.8 cm³/mol. The number of esters is 1. The summed E-state index contributed by atoms with van der Waals surface area (Å²) in [7, 11) is 1.52. The molecule has 146 valence electrons. The minimum atomic E-state index is -2.91. The Morgan fingerprint density at radius 2 is 1.89 bits per heavy atom. The highest BCUT2D eigenvalue weighted by molar-refractivity contribution is 6.12. The first-order valence-electron chi connectivity index (χ1n) is 8.38. The number of halogens is 2. The maximum absolute atomic E-state index is 12.2. The van der Waals surface area contributed by atoms with Crippen molar-refractivity contribution in [3.63, 3.8) is 0 Å². The second-order valence-electron chi connectivity index (χ2n) is 5.58. The molecule has 1 aliphatic rings. The van der Waals surface area contributed by atoms with Crippen LogP contribution in [0.25, 0.3) is 6.08 Å². The van der Waals surface area contributed by atoms with E-state index in [0.717, 1.165) is 0 Å². The summed E-state index contributed by atoms with van der Waals surface area (Å²) >= 11 is 0. The van der Waals surface area contributed by atoms with Gasteiger partial charge in [0.2, 0.25) is 5.90 Å². The first kappa shape index (κ1) is 19.3. The standard InChI is InChI=1S/C20H17F2NO5/c1-3-26-16-9-4-12(11-17(16)25-2)10-15-19(24)28-18(23-15)13-5-7-14(8-6-13)27-20(21)22/h4-11,20H,3H2,1-2H3/b15-10+. The molecule has 0 unspecified atom stereocenters. The highest BCUT2D eigenvalue weighted by atomic mass is 19.3. The lowest BCUT2D eigenvalue weighted by Crippen LogP contribution is -2.06. The van der Waals surface area contributed by atoms with Crippen LogP contribution >= 0.6 is 0 Å². The van der Waals surface area contributed by atoms with Gasteiger partial charge in [-0.15, -0.1) is 0 Å². The number of aliphatic imine (C=N–C) groups is 1. The van der Waals surface area contributed by atoms with E-state index in [-0.39, 0.29) is 17.3 Å². The Bertz CT molecular complexity index is 923. The Balaban J connectivity index is 1.83. The highest BCUT2D eigenvalue weighted by Gasteiger charge is 2.24. The number of carbonyl (C=O) groups excluding carboxylic acids is 1. The van der Waals surface area contributed by atoms with Crippen molar-refractivity contribution < 1.29 is 32.5 Å². The van der Waals surface area contributed by atoms with Crippen molar-refractivity contribution in [2.45, 2.75) is 13.5 Å². The highest BCUT2D eigenvalue weighted by Crippen LogP contribution is 2.30. The molecule has 0 spiro atoms. The van der Waals surface area contributed by atoms with Crippen molar-refractivity contribution in [1.29, 1.82) is 0 Å². The van der Waals surface area contributed by atoms with E-state index in [9.17, 15) is 13.6 Å². The Morgan fingerprint density at radius 3 is 2.54 bits per heavy atom. The molecule has 6 nitrogen and oxygen atoms in total. The second kappa shape index (κ2) is 8.51. The molecule has 28 heavy (non-hydrogen) atoms. The summed E-state index contributed by atoms with van der Waals surface area (Å²) in [5.41, 5.74) is 1.25. The molecular formula is C20H17F2NO5. The van der Waals surface area contributed by atoms with Crippen LogP contribution in [0.15, 0.2) is 53.2 Å². The Morgan fingerprint density at radius 1 is 1.14 bits per heavy atom. The molecule has 0 saturated carbocycles. The summed E-state index contributed by atoms with van der Waals surface area (Å²) in [4.78, 5) is 16.3. The summed E-state index contributed by atoms with van der Waals surface area (Å²) < 4.78 is 44.6. The molecule has 2 aromatic rings. The molecule has 0 saturated heterocycles. The lowest BCUT2D eigenvalue weighted by molar-refractivity contribution is -0.129. The van der Waals surface area contributed by atoms with E-state index in [4.69, 9.17) is 14.2 Å². The number of cyclic esters (lactones) is 1. The van der Waals surface area contributed by atoms with Crippen LogP contribution in [0, 0.1) is 0 Å². The van der Waals surface area contributed by atoms with Gasteiger partial charge in [0.05, 0.1) is 13.7 Å². The van der Waals surface area contributed by atoms with Gasteiger partial charge >= 0.3 is 12.6 Å². The minimum Gasteiger partial charge on any atom is -0.493 e. The van der Waals surface area contributed by atoms with Gasteiger partial charge in [-0.05, 0) is 55.0 Å². The molecule has 0 radical (unpaired) electrons. The number of alkyl halides is 2. The van der Waals surface area contributed by atoms with Gasteiger partial charge in [-0.3, -0.25) is 0 Å². The van der Waals surface area contributed by atoms with Gasteiger partial charge in [-0.25, -0.2) is 9.79 Å². The smallest absolute Gasteiger partial charge is 0.387 e. The molecule has 0 aliphatic carbocycles. The number of ether oxygens (including phenoxy) is 4. The maximum atomic E-state index is 12.2. The Hall–Kier alpha value is -3.42. The molecule has 0 amide bonds. The third kappa shape index (κ3) is 4.46. The maximum Gasteiger partial charge on any atom is 0.387 e. The van der Waals surface area contributed by atoms with Gasteiger partial charge in [0, 0.05) is 5.56 Å². The second-order valence-corrected chi connectivity index (χ2v) is 5.58. The van der Waals surface area contributed by atoms with Crippen molar-refractivity contribution >= 4 is 17.9 Å². The molecule has 0 bridgehead atoms. The van der Waals surface area contributed by atoms with Crippen molar-refractivity contribution in [1.82, 2.24) is 0 Å². The van der Waals surface area contributed by atoms with Crippen LogP contribution in [0.1, 0.15) is 18.1 Å². The van der Waals surface area contributed by atoms with E-state index >= 15 is 0 Å². The van der Waals surface area contributed by atoms with Gasteiger partial charge in [0.15, 0.2) is 17.2 Å². The van der Waals surface area contributed by atoms with Crippen LogP contribution in [0.3, 0.4) is 0 Å². The molecule has 1 aliphatic heterocycles. The molecule has 0 atom stereocenters. The zero-order chi connectivity index (χ0) is 20.1. The molecular weight excluding hydrogens is 372 g/mol. The van der Waals surface area contributed by atoms with Crippen LogP contribution < -0.4 is 14.2 Å². The van der Waals surface area contributed by atoms with Crippen LogP contribution in [-0.4, -0.2) is 32.2 Å². The molecule has 3 rings (SSSR count). The summed E-state index contributed by atoms with van der Waals surface area (Å²) in [6.07, 6.45) is 1.56. The van der Waals surface area contributed by atoms with E-state index < -0.39 is 12.6 Å². The van der Waals surface area contributed by atoms with Gasteiger partial charge in [-0.2, -0.15) is 8.78 Å². The van der Waals surface area contributed by atoms with E-state index in [1.165, 1.54) is 31.4 Å². The third-order valence-corrected chi connectivity index (χ3v) is 3.74. The van der Waals surface area contributed by atoms with Crippen LogP contribution in [0.4, 0.5) is 8.78 Å². The quantitative estimate of drug-likeness (QED) is 0.528. The first-order valence-corrected chi connectivity index (χ1v) is 8.38. The lowest BCUT2D eigenvalue weighted by atomic mass is 10.1. The fourth-order valence-corrected chi connectivity index (χ4v) is 2.52. The number of methoxy groups -OCH3 is 1. The van der Waals surface area contributed by atoms with E-state index in [1.54, 1.807) is 24.3 Å². The zero-order valence-corrected chi connectivity index (χ0v) is 15.1. The average Bonchev–Trinajstić information content (AvgIpc) is 3.03. The third-order valence-electron chi connectivity index (χ3n) is 3.74. The molecule has 1 heterocycles. The number of carbonyl (C=O) groups is 1. The van der Waals surface area contributed by atoms with E-state index in [2.05, 4.69) is 9.73 Å². The molecule has 0 fully saturated rings. The first-order chi connectivity index (χ1) is 13.5. The number of nitrogens with zero attached hydrogens (tertiary/aromatic N) is 1. The normalized spacial score (nSPS) is 14.8. The van der Waals surface area contributed by atoms with Crippen molar-refractivity contribution in [3.8, 4) is 17.2 Å². The Kier molecular flexibility index (Phi) is 5.88. The lowest BCUT2D eigenvalue weighted by Gasteiger charge is -2.09. The number of hydrogen-bond donors (Lipinski definition) is 0. The van der Waals surface area contributed by atoms with Gasteiger partial charge in [0.1, 0.15) is 5.75 Å². The zero-order valence-electron chi connectivity index (χ0n) is 15.1. The topological polar surface area (TPSA) is 66.3 Å². The number of benzene rings is 2. The van der Waals surface area contributed by atoms with E-state index in [0.29, 0.717) is 29.2 Å². The van der Waals surface area contributed by atoms with Crippen LogP contribution in [-0.2, 0) is 9.53 Å². The molecule has 8 heteroatoms. The number of hydrogen-bond acceptors (Lipinski definition) is 6. The van der Waals surface area contributed by atoms with Gasteiger partial charge in [0.25, 0.3) is 0 Å². The average molecular weight is 389 g/mol. The van der Waals surface area contributed by atoms with Gasteiger partial charge < -0.3 is 18.9 Å². The SMILES string of the molecule is CCOc1ccc(/C=C2/N=C(c3ccc(OC(F)F)cc3)OC2=O)cc1OC. The van der Waals surface area contributed by atoms with E-state index in [1.807, 2.05) is 6.92 Å². The predicted octanol–water partition coefficient (Wildman–Crippen LogP) is 4.04. The minimum absolute atomic E-state index is 0.000854. The summed E-state index contributed by atoms with van der Waals surface area (Å²) in [6.45, 7) is -0.544. The van der Waals surface area contributed by atoms with Gasteiger partial charge in [-0.1, -0.05) is 6.07 Å². The fraction of sp³-hybridized carbons (Fsp3) is 0.200. The monoisotopic (exact) mass is 389 g/mol. The van der Waals surface area contributed by atoms with Crippen molar-refractivity contribution in [3.05, 3.63) is 59.3 Å². The largest absolute Gasteiger partial charge is 0.493 e. The summed E-state index contributed by atoms with van der Waals surface area (Å²) in [5.74, 6) is 0.590. The molecule has 0 aromatic heterocycles. The Labute approximate surface area is 160 Å². The summed E-state index contributed by atoms with van der Waals surface area (Å²) in [5, 5.41) is 0. The number of rotatable bonds is 7. The van der Waals surface area contributed by atoms with Crippen LogP contribution in [0.5, 0.6) is 17.2 Å². The molecule has 2 aromatic carbocycles. The van der Waals surface area contributed by atoms with Crippen molar-refractivity contribution in [2.75, 3.05) is 13.7 Å². The van der Waals surface area contributed by atoms with Crippen molar-refractivity contribution in [2.24, 2.45) is 4.99 Å². The fourth-order valence-electron chi connectivity index (χ4n) is 2.52. The van der Waals surface area contributed by atoms with Crippen LogP contribution in [0.2, 0.25) is 0 Å².